The number of fused-ring (bicyclic) bond motifs is 1. The first-order valence-corrected chi connectivity index (χ1v) is 7.04. The summed E-state index contributed by atoms with van der Waals surface area (Å²) in [7, 11) is 0. The van der Waals surface area contributed by atoms with Gasteiger partial charge in [0.25, 0.3) is 0 Å². The summed E-state index contributed by atoms with van der Waals surface area (Å²) in [6, 6.07) is 14.5. The van der Waals surface area contributed by atoms with Crippen molar-refractivity contribution < 1.29 is 4.74 Å². The highest BCUT2D eigenvalue weighted by atomic mass is 35.5. The fraction of sp³-hybridized carbons (Fsp3) is 0.375. The molecule has 0 aliphatic carbocycles. The van der Waals surface area contributed by atoms with Crippen molar-refractivity contribution in [3.63, 3.8) is 0 Å². The van der Waals surface area contributed by atoms with Crippen LogP contribution in [-0.2, 0) is 0 Å². The van der Waals surface area contributed by atoms with Gasteiger partial charge in [-0.1, -0.05) is 30.3 Å². The van der Waals surface area contributed by atoms with E-state index in [1.54, 1.807) is 0 Å². The van der Waals surface area contributed by atoms with Crippen LogP contribution in [0.1, 0.15) is 13.8 Å². The van der Waals surface area contributed by atoms with E-state index in [9.17, 15) is 0 Å². The first kappa shape index (κ1) is 17.2. The molecular formula is C16H22ClNOS. The van der Waals surface area contributed by atoms with Crippen LogP contribution in [0.25, 0.3) is 10.8 Å². The number of hydrogen-bond donors (Lipinski definition) is 2. The maximum atomic E-state index is 5.74. The van der Waals surface area contributed by atoms with Gasteiger partial charge in [-0.25, -0.2) is 0 Å². The van der Waals surface area contributed by atoms with Crippen LogP contribution >= 0.6 is 25.0 Å². The Morgan fingerprint density at radius 1 is 1.10 bits per heavy atom. The number of rotatable bonds is 6. The van der Waals surface area contributed by atoms with Crippen LogP contribution in [0.3, 0.4) is 0 Å². The molecular weight excluding hydrogens is 290 g/mol. The second-order valence-electron chi connectivity index (χ2n) is 5.35. The standard InChI is InChI=1S/C16H21NOS.ClH/c1-16(2,19)12-17-9-10-18-15-8-7-13-5-3-4-6-14(13)11-15;/h3-8,11,17,19H,9-10,12H2,1-2H3;1H. The fourth-order valence-electron chi connectivity index (χ4n) is 1.89. The first-order valence-electron chi connectivity index (χ1n) is 6.59. The minimum Gasteiger partial charge on any atom is -0.492 e. The molecule has 0 saturated heterocycles. The summed E-state index contributed by atoms with van der Waals surface area (Å²) in [5, 5.41) is 5.78. The smallest absolute Gasteiger partial charge is 0.120 e. The lowest BCUT2D eigenvalue weighted by Crippen LogP contribution is -2.32. The quantitative estimate of drug-likeness (QED) is 0.623. The summed E-state index contributed by atoms with van der Waals surface area (Å²) in [5.41, 5.74) is 0. The van der Waals surface area contributed by atoms with Gasteiger partial charge in [-0.2, -0.15) is 12.6 Å². The normalized spacial score (nSPS) is 11.2. The van der Waals surface area contributed by atoms with Crippen molar-refractivity contribution in [3.05, 3.63) is 42.5 Å². The molecule has 0 unspecified atom stereocenters. The van der Waals surface area contributed by atoms with Crippen LogP contribution in [0.5, 0.6) is 5.75 Å². The van der Waals surface area contributed by atoms with E-state index in [-0.39, 0.29) is 17.2 Å². The average molecular weight is 312 g/mol. The van der Waals surface area contributed by atoms with Crippen LogP contribution in [0.4, 0.5) is 0 Å². The van der Waals surface area contributed by atoms with E-state index in [1.165, 1.54) is 10.8 Å². The van der Waals surface area contributed by atoms with Crippen LogP contribution in [0.15, 0.2) is 42.5 Å². The molecule has 110 valence electrons. The first-order chi connectivity index (χ1) is 9.04. The van der Waals surface area contributed by atoms with E-state index >= 15 is 0 Å². The topological polar surface area (TPSA) is 21.3 Å². The molecule has 0 saturated carbocycles. The molecule has 2 nitrogen and oxygen atoms in total. The van der Waals surface area contributed by atoms with Crippen molar-refractivity contribution >= 4 is 35.8 Å². The maximum Gasteiger partial charge on any atom is 0.120 e. The molecule has 2 aromatic rings. The molecule has 2 rings (SSSR count). The molecule has 2 aromatic carbocycles. The number of nitrogens with one attached hydrogen (secondary N) is 1. The Labute approximate surface area is 132 Å². The monoisotopic (exact) mass is 311 g/mol. The molecule has 0 radical (unpaired) electrons. The van der Waals surface area contributed by atoms with Gasteiger partial charge in [-0.05, 0) is 36.8 Å². The highest BCUT2D eigenvalue weighted by Crippen LogP contribution is 2.20. The molecule has 20 heavy (non-hydrogen) atoms. The fourth-order valence-corrected chi connectivity index (χ4v) is 2.00. The Morgan fingerprint density at radius 3 is 2.50 bits per heavy atom. The van der Waals surface area contributed by atoms with E-state index in [0.717, 1.165) is 18.8 Å². The zero-order valence-electron chi connectivity index (χ0n) is 11.9. The zero-order chi connectivity index (χ0) is 13.7. The lowest BCUT2D eigenvalue weighted by atomic mass is 10.1. The predicted octanol–water partition coefficient (Wildman–Crippen LogP) is 3.94. The Balaban J connectivity index is 0.00000200. The van der Waals surface area contributed by atoms with Gasteiger partial charge in [0.05, 0.1) is 0 Å². The van der Waals surface area contributed by atoms with Crippen LogP contribution in [0, 0.1) is 0 Å². The summed E-state index contributed by atoms with van der Waals surface area (Å²) in [6.45, 7) is 6.55. The third kappa shape index (κ3) is 5.61. The van der Waals surface area contributed by atoms with Crippen molar-refractivity contribution in [2.75, 3.05) is 19.7 Å². The number of benzene rings is 2. The van der Waals surface area contributed by atoms with Gasteiger partial charge in [0.15, 0.2) is 0 Å². The van der Waals surface area contributed by atoms with E-state index in [0.29, 0.717) is 6.61 Å². The average Bonchev–Trinajstić information content (AvgIpc) is 2.37. The predicted molar refractivity (Wildman–Crippen MR) is 92.6 cm³/mol. The molecule has 0 amide bonds. The number of ether oxygens (including phenoxy) is 1. The van der Waals surface area contributed by atoms with Gasteiger partial charge < -0.3 is 10.1 Å². The largest absolute Gasteiger partial charge is 0.492 e. The Hall–Kier alpha value is -0.900. The second-order valence-corrected chi connectivity index (χ2v) is 6.56. The Morgan fingerprint density at radius 2 is 1.80 bits per heavy atom. The number of halogens is 1. The molecule has 0 aliphatic heterocycles. The van der Waals surface area contributed by atoms with Crippen molar-refractivity contribution in [2.24, 2.45) is 0 Å². The van der Waals surface area contributed by atoms with E-state index in [4.69, 9.17) is 4.74 Å². The van der Waals surface area contributed by atoms with Gasteiger partial charge in [0.1, 0.15) is 12.4 Å². The lowest BCUT2D eigenvalue weighted by molar-refractivity contribution is 0.313. The van der Waals surface area contributed by atoms with E-state index in [1.807, 2.05) is 18.2 Å². The molecule has 0 heterocycles. The molecule has 0 fully saturated rings. The van der Waals surface area contributed by atoms with Gasteiger partial charge in [-0.15, -0.1) is 12.4 Å². The summed E-state index contributed by atoms with van der Waals surface area (Å²) < 4.78 is 5.76. The Bertz CT molecular complexity index is 539. The molecule has 0 atom stereocenters. The third-order valence-corrected chi connectivity index (χ3v) is 2.98. The molecule has 0 aromatic heterocycles. The van der Waals surface area contributed by atoms with Crippen LogP contribution in [-0.4, -0.2) is 24.4 Å². The van der Waals surface area contributed by atoms with E-state index < -0.39 is 0 Å². The minimum absolute atomic E-state index is 0. The highest BCUT2D eigenvalue weighted by Gasteiger charge is 2.09. The zero-order valence-corrected chi connectivity index (χ0v) is 13.6. The van der Waals surface area contributed by atoms with Crippen LogP contribution < -0.4 is 10.1 Å². The molecule has 0 spiro atoms. The molecule has 1 N–H and O–H groups in total. The number of hydrogen-bond acceptors (Lipinski definition) is 3. The SMILES string of the molecule is CC(C)(S)CNCCOc1ccc2ccccc2c1.Cl. The molecule has 0 aliphatic rings. The van der Waals surface area contributed by atoms with Crippen molar-refractivity contribution in [2.45, 2.75) is 18.6 Å². The highest BCUT2D eigenvalue weighted by molar-refractivity contribution is 7.81. The Kier molecular flexibility index (Phi) is 6.66. The lowest BCUT2D eigenvalue weighted by Gasteiger charge is -2.17. The second kappa shape index (κ2) is 7.77. The van der Waals surface area contributed by atoms with Gasteiger partial charge >= 0.3 is 0 Å². The van der Waals surface area contributed by atoms with Gasteiger partial charge in [0, 0.05) is 17.8 Å². The van der Waals surface area contributed by atoms with Crippen LogP contribution in [0.2, 0.25) is 0 Å². The van der Waals surface area contributed by atoms with Gasteiger partial charge in [0.2, 0.25) is 0 Å². The maximum absolute atomic E-state index is 5.74. The van der Waals surface area contributed by atoms with Crippen molar-refractivity contribution in [1.29, 1.82) is 0 Å². The number of thiol groups is 1. The van der Waals surface area contributed by atoms with Crippen molar-refractivity contribution in [1.82, 2.24) is 5.32 Å². The summed E-state index contributed by atoms with van der Waals surface area (Å²) in [5.74, 6) is 0.922. The third-order valence-electron chi connectivity index (χ3n) is 2.83. The molecule has 0 bridgehead atoms. The van der Waals surface area contributed by atoms with Gasteiger partial charge in [-0.3, -0.25) is 0 Å². The molecule has 4 heteroatoms. The summed E-state index contributed by atoms with van der Waals surface area (Å²) >= 11 is 4.46. The summed E-state index contributed by atoms with van der Waals surface area (Å²) in [4.78, 5) is 0. The minimum atomic E-state index is 0. The van der Waals surface area contributed by atoms with E-state index in [2.05, 4.69) is 56.1 Å². The van der Waals surface area contributed by atoms with Crippen molar-refractivity contribution in [3.8, 4) is 5.75 Å². The summed E-state index contributed by atoms with van der Waals surface area (Å²) in [6.07, 6.45) is 0.